The van der Waals surface area contributed by atoms with E-state index < -0.39 is 12.0 Å². The molecule has 0 aliphatic heterocycles. The molecule has 0 bridgehead atoms. The molecule has 0 aromatic heterocycles. The van der Waals surface area contributed by atoms with Crippen molar-refractivity contribution in [3.63, 3.8) is 0 Å². The van der Waals surface area contributed by atoms with Crippen molar-refractivity contribution < 1.29 is 24.6 Å². The van der Waals surface area contributed by atoms with E-state index in [1.807, 2.05) is 0 Å². The standard InChI is InChI=1S/C8H13BNO3.C8H15BNO2.CH2Cl2.2CH4/c11-5-9-10-7(8(12)13)4-6-2-1-3-6;11-5-8(10-9-6-12)4-7-2-1-3-7;2-1-3;;/h5-7,10H,1-4H2,(H,12,13);6-8,10-11H,1-5H2;1H2;2*1H4. The van der Waals surface area contributed by atoms with E-state index in [0.717, 1.165) is 32.6 Å². The topological polar surface area (TPSA) is 116 Å². The number of carbonyl (C=O) groups excluding carboxylic acids is 2. The van der Waals surface area contributed by atoms with E-state index in [2.05, 4.69) is 10.5 Å². The number of carbonyl (C=O) groups is 3. The highest BCUT2D eigenvalue weighted by Gasteiger charge is 2.25. The lowest BCUT2D eigenvalue weighted by Crippen LogP contribution is -2.41. The highest BCUT2D eigenvalue weighted by atomic mass is 35.5. The van der Waals surface area contributed by atoms with Crippen molar-refractivity contribution in [2.75, 3.05) is 11.9 Å². The Kier molecular flexibility index (Phi) is 26.2. The maximum atomic E-state index is 10.7. The lowest BCUT2D eigenvalue weighted by Gasteiger charge is -2.29. The van der Waals surface area contributed by atoms with Gasteiger partial charge in [-0.3, -0.25) is 4.79 Å². The van der Waals surface area contributed by atoms with E-state index in [4.69, 9.17) is 33.4 Å². The Morgan fingerprint density at radius 1 is 0.967 bits per heavy atom. The molecule has 0 aromatic carbocycles. The van der Waals surface area contributed by atoms with Crippen molar-refractivity contribution >= 4 is 56.4 Å². The van der Waals surface area contributed by atoms with Gasteiger partial charge >= 0.3 is 5.97 Å². The Hall–Kier alpha value is -0.600. The summed E-state index contributed by atoms with van der Waals surface area (Å²) in [7, 11) is 2.51. The lowest BCUT2D eigenvalue weighted by atomic mass is 9.80. The van der Waals surface area contributed by atoms with Gasteiger partial charge in [0, 0.05) is 6.04 Å². The normalized spacial score (nSPS) is 16.6. The number of carboxylic acids is 1. The minimum Gasteiger partial charge on any atom is -0.480 e. The van der Waals surface area contributed by atoms with Crippen LogP contribution >= 0.6 is 23.2 Å². The second-order valence-electron chi connectivity index (χ2n) is 6.88. The molecule has 0 amide bonds. The SMILES string of the molecule is C.C.ClCCl.O=C[B]NC(CC1CCC1)C(=O)O.O=C[B]NC(CO)CC1CCC1. The first-order valence-corrected chi connectivity index (χ1v) is 10.6. The number of alkyl halides is 2. The van der Waals surface area contributed by atoms with Crippen molar-refractivity contribution in [3.05, 3.63) is 0 Å². The summed E-state index contributed by atoms with van der Waals surface area (Å²) in [6, 6.07) is -0.531. The third-order valence-corrected chi connectivity index (χ3v) is 4.92. The van der Waals surface area contributed by atoms with Crippen molar-refractivity contribution in [1.82, 2.24) is 10.5 Å². The average Bonchev–Trinajstić information content (AvgIpc) is 2.60. The molecule has 2 atom stereocenters. The van der Waals surface area contributed by atoms with Gasteiger partial charge in [-0.05, 0) is 24.7 Å². The maximum absolute atomic E-state index is 10.7. The predicted octanol–water partition coefficient (Wildman–Crippen LogP) is 2.66. The van der Waals surface area contributed by atoms with Crippen molar-refractivity contribution in [2.24, 2.45) is 11.8 Å². The van der Waals surface area contributed by atoms with Gasteiger partial charge in [0.25, 0.3) is 14.8 Å². The van der Waals surface area contributed by atoms with Crippen LogP contribution in [0.1, 0.15) is 66.2 Å². The minimum atomic E-state index is -0.884. The second kappa shape index (κ2) is 23.1. The van der Waals surface area contributed by atoms with Gasteiger partial charge in [0.05, 0.1) is 30.4 Å². The van der Waals surface area contributed by atoms with Gasteiger partial charge in [0.15, 0.2) is 0 Å². The zero-order valence-electron chi connectivity index (χ0n) is 16.1. The van der Waals surface area contributed by atoms with Gasteiger partial charge in [0.1, 0.15) is 0 Å². The molecule has 2 aliphatic carbocycles. The van der Waals surface area contributed by atoms with Crippen LogP contribution in [0.25, 0.3) is 0 Å². The molecule has 2 unspecified atom stereocenters. The van der Waals surface area contributed by atoms with Gasteiger partial charge < -0.3 is 30.3 Å². The monoisotopic (exact) mass is 466 g/mol. The van der Waals surface area contributed by atoms with Crippen LogP contribution in [0, 0.1) is 11.8 Å². The molecule has 0 heterocycles. The zero-order valence-corrected chi connectivity index (χ0v) is 17.6. The average molecular weight is 467 g/mol. The molecule has 174 valence electrons. The van der Waals surface area contributed by atoms with Gasteiger partial charge in [-0.15, -0.1) is 23.2 Å². The fourth-order valence-corrected chi connectivity index (χ4v) is 2.96. The molecule has 0 aromatic rings. The van der Waals surface area contributed by atoms with E-state index in [0.29, 0.717) is 24.7 Å². The van der Waals surface area contributed by atoms with E-state index in [1.165, 1.54) is 33.1 Å². The Labute approximate surface area is 193 Å². The fourth-order valence-electron chi connectivity index (χ4n) is 2.96. The summed E-state index contributed by atoms with van der Waals surface area (Å²) in [6.45, 7) is 0.112. The summed E-state index contributed by atoms with van der Waals surface area (Å²) in [6.07, 6.45) is 10.2. The van der Waals surface area contributed by atoms with Gasteiger partial charge in [-0.2, -0.15) is 0 Å². The smallest absolute Gasteiger partial charge is 0.319 e. The Morgan fingerprint density at radius 2 is 1.40 bits per heavy atom. The Bertz CT molecular complexity index is 432. The van der Waals surface area contributed by atoms with Crippen molar-refractivity contribution in [1.29, 1.82) is 0 Å². The first-order chi connectivity index (χ1) is 13.5. The van der Waals surface area contributed by atoms with Crippen LogP contribution in [-0.4, -0.2) is 67.4 Å². The van der Waals surface area contributed by atoms with E-state index in [9.17, 15) is 14.4 Å². The third kappa shape index (κ3) is 17.1. The summed E-state index contributed by atoms with van der Waals surface area (Å²) in [5.74, 6) is 0.397. The van der Waals surface area contributed by atoms with Crippen LogP contribution in [0.4, 0.5) is 0 Å². The molecule has 7 nitrogen and oxygen atoms in total. The van der Waals surface area contributed by atoms with E-state index in [1.54, 1.807) is 0 Å². The fraction of sp³-hybridized carbons (Fsp3) is 0.842. The molecule has 0 spiro atoms. The summed E-state index contributed by atoms with van der Waals surface area (Å²) < 4.78 is 0. The Balaban J connectivity index is -0.000000406. The molecule has 2 fully saturated rings. The van der Waals surface area contributed by atoms with Gasteiger partial charge in [-0.25, -0.2) is 0 Å². The van der Waals surface area contributed by atoms with Crippen LogP contribution in [0.5, 0.6) is 0 Å². The number of nitrogens with one attached hydrogen (secondary N) is 2. The Morgan fingerprint density at radius 3 is 1.73 bits per heavy atom. The van der Waals surface area contributed by atoms with Crippen molar-refractivity contribution in [2.45, 2.75) is 78.3 Å². The number of rotatable bonds is 12. The molecule has 2 rings (SSSR count). The molecule has 30 heavy (non-hydrogen) atoms. The third-order valence-electron chi connectivity index (χ3n) is 4.92. The second-order valence-corrected chi connectivity index (χ2v) is 7.68. The van der Waals surface area contributed by atoms with Crippen LogP contribution in [0.15, 0.2) is 0 Å². The van der Waals surface area contributed by atoms with Crippen LogP contribution in [-0.2, 0) is 14.4 Å². The van der Waals surface area contributed by atoms with Crippen molar-refractivity contribution in [3.8, 4) is 0 Å². The first kappa shape index (κ1) is 34.0. The highest BCUT2D eigenvalue weighted by molar-refractivity contribution is 6.64. The number of hydrogen-bond donors (Lipinski definition) is 4. The summed E-state index contributed by atoms with van der Waals surface area (Å²) >= 11 is 9.53. The number of aliphatic hydroxyl groups is 1. The van der Waals surface area contributed by atoms with Crippen LogP contribution in [0.2, 0.25) is 0 Å². The predicted molar refractivity (Wildman–Crippen MR) is 128 cm³/mol. The lowest BCUT2D eigenvalue weighted by molar-refractivity contribution is -0.139. The zero-order chi connectivity index (χ0) is 21.2. The first-order valence-electron chi connectivity index (χ1n) is 9.53. The van der Waals surface area contributed by atoms with E-state index >= 15 is 0 Å². The summed E-state index contributed by atoms with van der Waals surface area (Å²) in [4.78, 5) is 30.7. The molecular weight excluding hydrogens is 429 g/mol. The number of halogens is 2. The highest BCUT2D eigenvalue weighted by Crippen LogP contribution is 2.30. The molecule has 2 aliphatic rings. The number of aliphatic hydroxyl groups excluding tert-OH is 1. The molecule has 0 saturated heterocycles. The molecule has 4 N–H and O–H groups in total. The van der Waals surface area contributed by atoms with E-state index in [-0.39, 0.29) is 32.8 Å². The maximum Gasteiger partial charge on any atom is 0.319 e. The molecule has 2 saturated carbocycles. The largest absolute Gasteiger partial charge is 0.480 e. The number of hydrogen-bond acceptors (Lipinski definition) is 6. The van der Waals surface area contributed by atoms with Crippen LogP contribution in [0.3, 0.4) is 0 Å². The summed E-state index contributed by atoms with van der Waals surface area (Å²) in [5, 5.41) is 23.3. The number of carboxylic acid groups (broad SMARTS) is 1. The molecular formula is C19H38B2Cl2N2O5. The van der Waals surface area contributed by atoms with Gasteiger partial charge in [0.2, 0.25) is 0 Å². The molecule has 2 radical (unpaired) electrons. The quantitative estimate of drug-likeness (QED) is 0.198. The van der Waals surface area contributed by atoms with Crippen LogP contribution < -0.4 is 10.5 Å². The minimum absolute atomic E-state index is 0. The molecule has 11 heteroatoms. The summed E-state index contributed by atoms with van der Waals surface area (Å²) in [5.41, 5.74) is 0. The van der Waals surface area contributed by atoms with Gasteiger partial charge in [-0.1, -0.05) is 53.4 Å². The number of aliphatic carboxylic acids is 1.